The van der Waals surface area contributed by atoms with Crippen molar-refractivity contribution in [3.63, 3.8) is 0 Å². The zero-order valence-corrected chi connectivity index (χ0v) is 8.52. The third-order valence-electron chi connectivity index (χ3n) is 2.17. The molecule has 84 valence electrons. The Kier molecular flexibility index (Phi) is 4.14. The number of hydrogen-bond donors (Lipinski definition) is 3. The van der Waals surface area contributed by atoms with Gasteiger partial charge in [-0.1, -0.05) is 0 Å². The van der Waals surface area contributed by atoms with Gasteiger partial charge in [-0.2, -0.15) is 0 Å². The molecule has 1 aromatic rings. The highest BCUT2D eigenvalue weighted by molar-refractivity contribution is 5.14. The van der Waals surface area contributed by atoms with Gasteiger partial charge < -0.3 is 15.9 Å². The first-order valence-electron chi connectivity index (χ1n) is 4.75. The van der Waals surface area contributed by atoms with Crippen LogP contribution in [0.4, 0.5) is 4.39 Å². The lowest BCUT2D eigenvalue weighted by Crippen LogP contribution is -2.22. The normalized spacial score (nSPS) is 15.0. The van der Waals surface area contributed by atoms with Gasteiger partial charge in [0, 0.05) is 0 Å². The van der Waals surface area contributed by atoms with Gasteiger partial charge in [-0.25, -0.2) is 4.39 Å². The second kappa shape index (κ2) is 5.16. The summed E-state index contributed by atoms with van der Waals surface area (Å²) >= 11 is 0. The SMILES string of the molecule is Cc1nc(C(O)C(O)CCN)ccc1F. The van der Waals surface area contributed by atoms with Crippen molar-refractivity contribution >= 4 is 0 Å². The Labute approximate surface area is 87.6 Å². The van der Waals surface area contributed by atoms with Crippen LogP contribution in [0.5, 0.6) is 0 Å². The van der Waals surface area contributed by atoms with Crippen molar-refractivity contribution in [2.45, 2.75) is 25.6 Å². The van der Waals surface area contributed by atoms with Crippen LogP contribution in [0.25, 0.3) is 0 Å². The van der Waals surface area contributed by atoms with Gasteiger partial charge in [0.25, 0.3) is 0 Å². The molecule has 0 fully saturated rings. The molecule has 0 aromatic carbocycles. The summed E-state index contributed by atoms with van der Waals surface area (Å²) in [5.41, 5.74) is 5.71. The number of hydrogen-bond acceptors (Lipinski definition) is 4. The summed E-state index contributed by atoms with van der Waals surface area (Å²) in [5, 5.41) is 19.1. The molecule has 2 unspecified atom stereocenters. The number of aromatic nitrogens is 1. The van der Waals surface area contributed by atoms with Crippen molar-refractivity contribution in [1.82, 2.24) is 4.98 Å². The first-order chi connectivity index (χ1) is 7.06. The number of nitrogens with zero attached hydrogens (tertiary/aromatic N) is 1. The number of aliphatic hydroxyl groups excluding tert-OH is 2. The number of aliphatic hydroxyl groups is 2. The molecule has 0 amide bonds. The maximum atomic E-state index is 12.9. The van der Waals surface area contributed by atoms with E-state index < -0.39 is 18.0 Å². The number of pyridine rings is 1. The maximum Gasteiger partial charge on any atom is 0.144 e. The number of nitrogens with two attached hydrogens (primary N) is 1. The minimum absolute atomic E-state index is 0.200. The van der Waals surface area contributed by atoms with Crippen LogP contribution in [0.3, 0.4) is 0 Å². The molecule has 1 aromatic heterocycles. The van der Waals surface area contributed by atoms with Crippen molar-refractivity contribution in [1.29, 1.82) is 0 Å². The lowest BCUT2D eigenvalue weighted by Gasteiger charge is -2.16. The molecule has 0 saturated heterocycles. The monoisotopic (exact) mass is 214 g/mol. The third-order valence-corrected chi connectivity index (χ3v) is 2.17. The second-order valence-electron chi connectivity index (χ2n) is 3.39. The van der Waals surface area contributed by atoms with Crippen LogP contribution in [-0.2, 0) is 0 Å². The molecule has 0 radical (unpaired) electrons. The fraction of sp³-hybridized carbons (Fsp3) is 0.500. The number of halogens is 1. The Balaban J connectivity index is 2.81. The van der Waals surface area contributed by atoms with Gasteiger partial charge in [0.15, 0.2) is 0 Å². The molecule has 4 N–H and O–H groups in total. The third kappa shape index (κ3) is 2.95. The zero-order valence-electron chi connectivity index (χ0n) is 8.52. The van der Waals surface area contributed by atoms with Crippen LogP contribution >= 0.6 is 0 Å². The van der Waals surface area contributed by atoms with E-state index in [-0.39, 0.29) is 24.4 Å². The van der Waals surface area contributed by atoms with E-state index >= 15 is 0 Å². The van der Waals surface area contributed by atoms with E-state index in [2.05, 4.69) is 4.98 Å². The van der Waals surface area contributed by atoms with Crippen molar-refractivity contribution < 1.29 is 14.6 Å². The first-order valence-corrected chi connectivity index (χ1v) is 4.75. The molecule has 0 aliphatic carbocycles. The summed E-state index contributed by atoms with van der Waals surface area (Å²) in [6, 6.07) is 2.57. The summed E-state index contributed by atoms with van der Waals surface area (Å²) < 4.78 is 12.9. The summed E-state index contributed by atoms with van der Waals surface area (Å²) in [4.78, 5) is 3.85. The van der Waals surface area contributed by atoms with Crippen molar-refractivity contribution in [2.24, 2.45) is 5.73 Å². The summed E-state index contributed by atoms with van der Waals surface area (Å²) in [6.45, 7) is 1.78. The average molecular weight is 214 g/mol. The molecule has 15 heavy (non-hydrogen) atoms. The van der Waals surface area contributed by atoms with E-state index in [1.165, 1.54) is 19.1 Å². The summed E-state index contributed by atoms with van der Waals surface area (Å²) in [7, 11) is 0. The summed E-state index contributed by atoms with van der Waals surface area (Å²) in [5.74, 6) is -0.431. The Morgan fingerprint density at radius 2 is 2.13 bits per heavy atom. The Morgan fingerprint density at radius 1 is 1.47 bits per heavy atom. The number of rotatable bonds is 4. The first kappa shape index (κ1) is 12.0. The van der Waals surface area contributed by atoms with Crippen LogP contribution in [0.15, 0.2) is 12.1 Å². The minimum Gasteiger partial charge on any atom is -0.390 e. The van der Waals surface area contributed by atoms with E-state index in [0.717, 1.165) is 0 Å². The van der Waals surface area contributed by atoms with E-state index in [4.69, 9.17) is 5.73 Å². The Bertz CT molecular complexity index is 333. The second-order valence-corrected chi connectivity index (χ2v) is 3.39. The van der Waals surface area contributed by atoms with E-state index in [1.807, 2.05) is 0 Å². The minimum atomic E-state index is -1.12. The van der Waals surface area contributed by atoms with Crippen LogP contribution < -0.4 is 5.73 Å². The highest BCUT2D eigenvalue weighted by atomic mass is 19.1. The fourth-order valence-electron chi connectivity index (χ4n) is 1.25. The molecule has 0 aliphatic rings. The molecule has 1 rings (SSSR count). The molecule has 4 nitrogen and oxygen atoms in total. The predicted molar refractivity (Wildman–Crippen MR) is 53.6 cm³/mol. The largest absolute Gasteiger partial charge is 0.390 e. The Morgan fingerprint density at radius 3 is 2.67 bits per heavy atom. The van der Waals surface area contributed by atoms with Crippen LogP contribution in [-0.4, -0.2) is 27.8 Å². The van der Waals surface area contributed by atoms with Crippen LogP contribution in [0.2, 0.25) is 0 Å². The lowest BCUT2D eigenvalue weighted by atomic mass is 10.1. The van der Waals surface area contributed by atoms with E-state index in [0.29, 0.717) is 0 Å². The predicted octanol–water partition coefficient (Wildman–Crippen LogP) is 0.272. The topological polar surface area (TPSA) is 79.4 Å². The van der Waals surface area contributed by atoms with Gasteiger partial charge in [-0.15, -0.1) is 0 Å². The van der Waals surface area contributed by atoms with Gasteiger partial charge in [0.2, 0.25) is 0 Å². The molecular weight excluding hydrogens is 199 g/mol. The molecule has 5 heteroatoms. The molecule has 0 aliphatic heterocycles. The number of aryl methyl sites for hydroxylation is 1. The molecule has 0 saturated carbocycles. The smallest absolute Gasteiger partial charge is 0.144 e. The van der Waals surface area contributed by atoms with Gasteiger partial charge in [-0.05, 0) is 32.0 Å². The molecule has 0 spiro atoms. The van der Waals surface area contributed by atoms with Crippen molar-refractivity contribution in [2.75, 3.05) is 6.54 Å². The van der Waals surface area contributed by atoms with E-state index in [1.54, 1.807) is 0 Å². The van der Waals surface area contributed by atoms with Crippen molar-refractivity contribution in [3.8, 4) is 0 Å². The highest BCUT2D eigenvalue weighted by Crippen LogP contribution is 2.17. The average Bonchev–Trinajstić information content (AvgIpc) is 2.21. The van der Waals surface area contributed by atoms with Gasteiger partial charge in [0.05, 0.1) is 17.5 Å². The highest BCUT2D eigenvalue weighted by Gasteiger charge is 2.19. The maximum absolute atomic E-state index is 12.9. The molecule has 0 bridgehead atoms. The fourth-order valence-corrected chi connectivity index (χ4v) is 1.25. The van der Waals surface area contributed by atoms with E-state index in [9.17, 15) is 14.6 Å². The molecular formula is C10H15FN2O2. The van der Waals surface area contributed by atoms with Gasteiger partial charge in [-0.3, -0.25) is 4.98 Å². The Hall–Kier alpha value is -1.04. The van der Waals surface area contributed by atoms with Gasteiger partial charge in [0.1, 0.15) is 11.9 Å². The van der Waals surface area contributed by atoms with Crippen LogP contribution in [0.1, 0.15) is 23.9 Å². The standard InChI is InChI=1S/C10H15FN2O2/c1-6-7(11)2-3-8(13-6)10(15)9(14)4-5-12/h2-3,9-10,14-15H,4-5,12H2,1H3. The molecule has 2 atom stereocenters. The van der Waals surface area contributed by atoms with Crippen molar-refractivity contribution in [3.05, 3.63) is 29.3 Å². The lowest BCUT2D eigenvalue weighted by molar-refractivity contribution is 0.0123. The van der Waals surface area contributed by atoms with Gasteiger partial charge >= 0.3 is 0 Å². The summed E-state index contributed by atoms with van der Waals surface area (Å²) in [6.07, 6.45) is -1.81. The van der Waals surface area contributed by atoms with Crippen LogP contribution in [0, 0.1) is 12.7 Å². The zero-order chi connectivity index (χ0) is 11.4. The quantitative estimate of drug-likeness (QED) is 0.672. The molecule has 1 heterocycles.